The molecule has 0 saturated heterocycles. The Kier molecular flexibility index (Phi) is 5.90. The molecule has 2 aromatic rings. The van der Waals surface area contributed by atoms with E-state index < -0.39 is 5.97 Å². The molecule has 114 valence electrons. The second-order valence-corrected chi connectivity index (χ2v) is 4.42. The summed E-state index contributed by atoms with van der Waals surface area (Å²) in [4.78, 5) is 16.3. The molecular weight excluding hydrogens is 304 g/mol. The van der Waals surface area contributed by atoms with Crippen molar-refractivity contribution in [1.82, 2.24) is 4.98 Å². The molecule has 0 fully saturated rings. The highest BCUT2D eigenvalue weighted by molar-refractivity contribution is 5.97. The predicted molar refractivity (Wildman–Crippen MR) is 84.0 cm³/mol. The van der Waals surface area contributed by atoms with Crippen molar-refractivity contribution in [2.24, 2.45) is 0 Å². The van der Waals surface area contributed by atoms with Gasteiger partial charge in [-0.15, -0.1) is 12.4 Å². The van der Waals surface area contributed by atoms with Crippen LogP contribution in [0.1, 0.15) is 28.4 Å². The maximum atomic E-state index is 12.1. The lowest BCUT2D eigenvalue weighted by Crippen LogP contribution is -2.09. The molecule has 0 saturated carbocycles. The Hall–Kier alpha value is -2.58. The molecule has 0 unspecified atom stereocenters. The van der Waals surface area contributed by atoms with E-state index in [0.717, 1.165) is 5.56 Å². The molecular formula is C16H15ClN2O3. The van der Waals surface area contributed by atoms with E-state index in [2.05, 4.69) is 4.98 Å². The Morgan fingerprint density at radius 1 is 1.41 bits per heavy atom. The van der Waals surface area contributed by atoms with Crippen LogP contribution in [0.2, 0.25) is 0 Å². The minimum atomic E-state index is -0.454. The van der Waals surface area contributed by atoms with Crippen molar-refractivity contribution in [3.8, 4) is 23.1 Å². The van der Waals surface area contributed by atoms with E-state index >= 15 is 0 Å². The number of pyridine rings is 1. The number of ether oxygens (including phenoxy) is 1. The van der Waals surface area contributed by atoms with Gasteiger partial charge in [0.25, 0.3) is 0 Å². The molecule has 0 aliphatic rings. The summed E-state index contributed by atoms with van der Waals surface area (Å²) < 4.78 is 5.06. The van der Waals surface area contributed by atoms with Crippen LogP contribution in [0.4, 0.5) is 0 Å². The fraction of sp³-hybridized carbons (Fsp3) is 0.188. The number of nitriles is 1. The van der Waals surface area contributed by atoms with Gasteiger partial charge in [-0.05, 0) is 43.7 Å². The number of carbonyl (C=O) groups is 1. The van der Waals surface area contributed by atoms with Crippen LogP contribution < -0.4 is 0 Å². The van der Waals surface area contributed by atoms with Gasteiger partial charge >= 0.3 is 5.97 Å². The Morgan fingerprint density at radius 3 is 2.77 bits per heavy atom. The first-order valence-electron chi connectivity index (χ1n) is 6.44. The van der Waals surface area contributed by atoms with Crippen molar-refractivity contribution in [2.45, 2.75) is 13.8 Å². The Bertz CT molecular complexity index is 739. The van der Waals surface area contributed by atoms with Crippen molar-refractivity contribution < 1.29 is 14.6 Å². The Labute approximate surface area is 134 Å². The molecule has 22 heavy (non-hydrogen) atoms. The summed E-state index contributed by atoms with van der Waals surface area (Å²) in [7, 11) is 0. The van der Waals surface area contributed by atoms with E-state index in [1.807, 2.05) is 6.07 Å². The first-order chi connectivity index (χ1) is 10.1. The highest BCUT2D eigenvalue weighted by atomic mass is 35.5. The molecule has 0 bridgehead atoms. The number of aromatic nitrogens is 1. The Morgan fingerprint density at radius 2 is 2.14 bits per heavy atom. The molecule has 0 aliphatic heterocycles. The number of hydrogen-bond donors (Lipinski definition) is 1. The standard InChI is InChI=1S/C16H14N2O3.ClH/c1-3-21-16(20)14-10(2)6-7-18-15(14)11-4-5-13(19)12(8-11)9-17;/h4-8,19H,3H2,1-2H3;1H. The van der Waals surface area contributed by atoms with Crippen molar-refractivity contribution in [3.63, 3.8) is 0 Å². The molecule has 0 spiro atoms. The summed E-state index contributed by atoms with van der Waals surface area (Å²) in [5, 5.41) is 18.5. The SMILES string of the molecule is CCOC(=O)c1c(C)ccnc1-c1ccc(O)c(C#N)c1.Cl. The van der Waals surface area contributed by atoms with Gasteiger partial charge in [-0.2, -0.15) is 5.26 Å². The van der Waals surface area contributed by atoms with Gasteiger partial charge in [0, 0.05) is 11.8 Å². The summed E-state index contributed by atoms with van der Waals surface area (Å²) in [5.41, 5.74) is 2.26. The fourth-order valence-electron chi connectivity index (χ4n) is 2.01. The summed E-state index contributed by atoms with van der Waals surface area (Å²) >= 11 is 0. The number of carbonyl (C=O) groups excluding carboxylic acids is 1. The number of aromatic hydroxyl groups is 1. The lowest BCUT2D eigenvalue weighted by atomic mass is 10.00. The Balaban J connectivity index is 0.00000242. The molecule has 5 nitrogen and oxygen atoms in total. The molecule has 2 rings (SSSR count). The summed E-state index contributed by atoms with van der Waals surface area (Å²) in [6.07, 6.45) is 1.59. The third-order valence-corrected chi connectivity index (χ3v) is 3.03. The van der Waals surface area contributed by atoms with E-state index in [4.69, 9.17) is 10.00 Å². The van der Waals surface area contributed by atoms with Gasteiger partial charge in [-0.1, -0.05) is 0 Å². The van der Waals surface area contributed by atoms with Gasteiger partial charge in [0.1, 0.15) is 11.8 Å². The van der Waals surface area contributed by atoms with Gasteiger partial charge in [-0.25, -0.2) is 4.79 Å². The number of rotatable bonds is 3. The average Bonchev–Trinajstić information content (AvgIpc) is 2.47. The molecule has 1 aromatic carbocycles. The van der Waals surface area contributed by atoms with Crippen LogP contribution in [0.15, 0.2) is 30.5 Å². The third kappa shape index (κ3) is 3.35. The summed E-state index contributed by atoms with van der Waals surface area (Å²) in [5.74, 6) is -0.559. The van der Waals surface area contributed by atoms with Crippen LogP contribution >= 0.6 is 12.4 Å². The number of phenolic OH excluding ortho intramolecular Hbond substituents is 1. The molecule has 1 aromatic heterocycles. The zero-order valence-corrected chi connectivity index (χ0v) is 13.0. The smallest absolute Gasteiger partial charge is 0.340 e. The van der Waals surface area contributed by atoms with Crippen LogP contribution in [0.5, 0.6) is 5.75 Å². The fourth-order valence-corrected chi connectivity index (χ4v) is 2.01. The molecule has 0 aliphatic carbocycles. The highest BCUT2D eigenvalue weighted by Crippen LogP contribution is 2.28. The molecule has 0 atom stereocenters. The van der Waals surface area contributed by atoms with Crippen LogP contribution in [-0.4, -0.2) is 22.7 Å². The lowest BCUT2D eigenvalue weighted by Gasteiger charge is -2.11. The zero-order chi connectivity index (χ0) is 15.4. The third-order valence-electron chi connectivity index (χ3n) is 3.03. The minimum absolute atomic E-state index is 0. The first kappa shape index (κ1) is 17.5. The van der Waals surface area contributed by atoms with Crippen molar-refractivity contribution in [2.75, 3.05) is 6.61 Å². The number of aryl methyl sites for hydroxylation is 1. The second kappa shape index (κ2) is 7.43. The van der Waals surface area contributed by atoms with Crippen LogP contribution in [-0.2, 0) is 4.74 Å². The van der Waals surface area contributed by atoms with E-state index in [-0.39, 0.29) is 30.3 Å². The average molecular weight is 319 g/mol. The maximum Gasteiger partial charge on any atom is 0.340 e. The number of esters is 1. The predicted octanol–water partition coefficient (Wildman–Crippen LogP) is 3.23. The van der Waals surface area contributed by atoms with Crippen LogP contribution in [0, 0.1) is 18.3 Å². The van der Waals surface area contributed by atoms with Gasteiger partial charge in [0.2, 0.25) is 0 Å². The van der Waals surface area contributed by atoms with E-state index in [1.165, 1.54) is 12.1 Å². The van der Waals surface area contributed by atoms with Gasteiger partial charge < -0.3 is 9.84 Å². The number of nitrogens with zero attached hydrogens (tertiary/aromatic N) is 2. The normalized spacial score (nSPS) is 9.50. The monoisotopic (exact) mass is 318 g/mol. The van der Waals surface area contributed by atoms with E-state index in [1.54, 1.807) is 32.2 Å². The van der Waals surface area contributed by atoms with Gasteiger partial charge in [-0.3, -0.25) is 4.98 Å². The van der Waals surface area contributed by atoms with E-state index in [0.29, 0.717) is 16.8 Å². The van der Waals surface area contributed by atoms with Gasteiger partial charge in [0.05, 0.1) is 23.4 Å². The number of phenols is 1. The molecule has 0 radical (unpaired) electrons. The number of halogens is 1. The summed E-state index contributed by atoms with van der Waals surface area (Å²) in [6.45, 7) is 3.80. The molecule has 1 N–H and O–H groups in total. The molecule has 0 amide bonds. The molecule has 6 heteroatoms. The van der Waals surface area contributed by atoms with Gasteiger partial charge in [0.15, 0.2) is 0 Å². The van der Waals surface area contributed by atoms with E-state index in [9.17, 15) is 9.90 Å². The first-order valence-corrected chi connectivity index (χ1v) is 6.44. The quantitative estimate of drug-likeness (QED) is 0.878. The topological polar surface area (TPSA) is 83.2 Å². The lowest BCUT2D eigenvalue weighted by molar-refractivity contribution is 0.0526. The van der Waals surface area contributed by atoms with Crippen molar-refractivity contribution in [3.05, 3.63) is 47.2 Å². The highest BCUT2D eigenvalue weighted by Gasteiger charge is 2.18. The largest absolute Gasteiger partial charge is 0.507 e. The number of hydrogen-bond acceptors (Lipinski definition) is 5. The summed E-state index contributed by atoms with van der Waals surface area (Å²) in [6, 6.07) is 8.14. The second-order valence-electron chi connectivity index (χ2n) is 4.42. The van der Waals surface area contributed by atoms with Crippen LogP contribution in [0.3, 0.4) is 0 Å². The molecule has 1 heterocycles. The number of benzene rings is 1. The van der Waals surface area contributed by atoms with Crippen molar-refractivity contribution >= 4 is 18.4 Å². The minimum Gasteiger partial charge on any atom is -0.507 e. The van der Waals surface area contributed by atoms with Crippen molar-refractivity contribution in [1.29, 1.82) is 5.26 Å². The maximum absolute atomic E-state index is 12.1. The zero-order valence-electron chi connectivity index (χ0n) is 12.2. The van der Waals surface area contributed by atoms with Crippen LogP contribution in [0.25, 0.3) is 11.3 Å².